The van der Waals surface area contributed by atoms with Gasteiger partial charge in [0.25, 0.3) is 0 Å². The van der Waals surface area contributed by atoms with Gasteiger partial charge in [-0.05, 0) is 12.5 Å². The van der Waals surface area contributed by atoms with Crippen molar-refractivity contribution in [2.45, 2.75) is 20.1 Å². The minimum absolute atomic E-state index is 0.0172. The largest absolute Gasteiger partial charge is 0.392 e. The van der Waals surface area contributed by atoms with Crippen LogP contribution in [0.5, 0.6) is 0 Å². The Hall–Kier alpha value is -2.54. The topological polar surface area (TPSA) is 89.9 Å². The molecule has 0 atom stereocenters. The molecule has 0 aliphatic heterocycles. The van der Waals surface area contributed by atoms with Gasteiger partial charge in [0, 0.05) is 5.56 Å². The van der Waals surface area contributed by atoms with Crippen LogP contribution in [0.1, 0.15) is 17.3 Å². The molecule has 0 saturated heterocycles. The number of aliphatic hydroxyl groups excluding tert-OH is 1. The summed E-state index contributed by atoms with van der Waals surface area (Å²) >= 11 is 0. The number of aryl methyl sites for hydroxylation is 1. The lowest BCUT2D eigenvalue weighted by Crippen LogP contribution is -2.04. The Balaban J connectivity index is 1.80. The molecule has 7 heteroatoms. The molecule has 7 nitrogen and oxygen atoms in total. The van der Waals surface area contributed by atoms with E-state index in [1.807, 2.05) is 31.2 Å². The predicted molar refractivity (Wildman–Crippen MR) is 69.5 cm³/mol. The van der Waals surface area contributed by atoms with Crippen LogP contribution in [-0.2, 0) is 13.2 Å². The second kappa shape index (κ2) is 5.22. The summed E-state index contributed by atoms with van der Waals surface area (Å²) in [4.78, 5) is 8.36. The number of benzene rings is 1. The average molecular weight is 271 g/mol. The van der Waals surface area contributed by atoms with E-state index < -0.39 is 0 Å². The Bertz CT molecular complexity index is 702. The van der Waals surface area contributed by atoms with Gasteiger partial charge in [0.15, 0.2) is 0 Å². The van der Waals surface area contributed by atoms with E-state index in [1.54, 1.807) is 4.68 Å². The van der Waals surface area contributed by atoms with Gasteiger partial charge in [0.05, 0.1) is 6.61 Å². The highest BCUT2D eigenvalue weighted by molar-refractivity contribution is 5.54. The van der Waals surface area contributed by atoms with E-state index in [0.717, 1.165) is 17.0 Å². The summed E-state index contributed by atoms with van der Waals surface area (Å²) in [5, 5.41) is 17.0. The Labute approximate surface area is 114 Å². The average Bonchev–Trinajstić information content (AvgIpc) is 3.10. The molecule has 1 aromatic carbocycles. The van der Waals surface area contributed by atoms with Crippen LogP contribution in [0.4, 0.5) is 0 Å². The number of hydrogen-bond donors (Lipinski definition) is 1. The van der Waals surface area contributed by atoms with E-state index in [-0.39, 0.29) is 6.61 Å². The molecular weight excluding hydrogens is 258 g/mol. The first-order chi connectivity index (χ1) is 9.76. The normalized spacial score (nSPS) is 10.9. The molecule has 0 saturated carbocycles. The predicted octanol–water partition coefficient (Wildman–Crippen LogP) is 1.18. The van der Waals surface area contributed by atoms with Gasteiger partial charge in [-0.1, -0.05) is 29.4 Å². The van der Waals surface area contributed by atoms with Gasteiger partial charge in [0.1, 0.15) is 18.7 Å². The first-order valence-electron chi connectivity index (χ1n) is 6.13. The Kier molecular flexibility index (Phi) is 3.26. The molecule has 2 heterocycles. The van der Waals surface area contributed by atoms with Crippen molar-refractivity contribution < 1.29 is 9.63 Å². The van der Waals surface area contributed by atoms with Crippen LogP contribution < -0.4 is 0 Å². The molecule has 0 amide bonds. The van der Waals surface area contributed by atoms with Gasteiger partial charge in [0.2, 0.25) is 11.7 Å². The molecule has 3 rings (SSSR count). The lowest BCUT2D eigenvalue weighted by molar-refractivity contribution is 0.282. The Morgan fingerprint density at radius 1 is 1.25 bits per heavy atom. The van der Waals surface area contributed by atoms with Gasteiger partial charge in [-0.3, -0.25) is 0 Å². The molecule has 20 heavy (non-hydrogen) atoms. The zero-order valence-corrected chi connectivity index (χ0v) is 10.9. The van der Waals surface area contributed by atoms with E-state index >= 15 is 0 Å². The van der Waals surface area contributed by atoms with Crippen LogP contribution in [0, 0.1) is 6.92 Å². The summed E-state index contributed by atoms with van der Waals surface area (Å²) in [5.41, 5.74) is 1.68. The summed E-state index contributed by atoms with van der Waals surface area (Å²) in [6, 6.07) is 7.35. The molecule has 0 aliphatic rings. The smallest absolute Gasteiger partial charge is 0.248 e. The van der Waals surface area contributed by atoms with Gasteiger partial charge in [-0.25, -0.2) is 9.67 Å². The fraction of sp³-hybridized carbons (Fsp3) is 0.231. The maximum atomic E-state index is 9.01. The molecule has 102 valence electrons. The molecule has 2 aromatic heterocycles. The number of nitrogens with zero attached hydrogens (tertiary/aromatic N) is 5. The molecule has 0 fully saturated rings. The number of aliphatic hydroxyl groups is 1. The highest BCUT2D eigenvalue weighted by Crippen LogP contribution is 2.17. The maximum absolute atomic E-state index is 9.01. The van der Waals surface area contributed by atoms with Gasteiger partial charge < -0.3 is 9.63 Å². The molecule has 0 spiro atoms. The van der Waals surface area contributed by atoms with Gasteiger partial charge in [-0.15, -0.1) is 0 Å². The first-order valence-corrected chi connectivity index (χ1v) is 6.13. The molecule has 0 unspecified atom stereocenters. The first kappa shape index (κ1) is 12.5. The van der Waals surface area contributed by atoms with E-state index in [1.165, 1.54) is 6.33 Å². The van der Waals surface area contributed by atoms with Crippen LogP contribution >= 0.6 is 0 Å². The summed E-state index contributed by atoms with van der Waals surface area (Å²) < 4.78 is 6.89. The van der Waals surface area contributed by atoms with Gasteiger partial charge >= 0.3 is 0 Å². The fourth-order valence-corrected chi connectivity index (χ4v) is 1.80. The standard InChI is InChI=1S/C13H13N5O2/c1-9-14-8-15-18(9)6-12-16-13(17-20-12)11-4-2-10(7-19)3-5-11/h2-5,8,19H,6-7H2,1H3. The highest BCUT2D eigenvalue weighted by atomic mass is 16.5. The second-order valence-electron chi connectivity index (χ2n) is 4.33. The third kappa shape index (κ3) is 2.43. The quantitative estimate of drug-likeness (QED) is 0.766. The number of hydrogen-bond acceptors (Lipinski definition) is 6. The minimum Gasteiger partial charge on any atom is -0.392 e. The number of aromatic nitrogens is 5. The SMILES string of the molecule is Cc1ncnn1Cc1nc(-c2ccc(CO)cc2)no1. The van der Waals surface area contributed by atoms with E-state index in [9.17, 15) is 0 Å². The van der Waals surface area contributed by atoms with Crippen molar-refractivity contribution in [2.24, 2.45) is 0 Å². The number of rotatable bonds is 4. The highest BCUT2D eigenvalue weighted by Gasteiger charge is 2.10. The Morgan fingerprint density at radius 2 is 2.05 bits per heavy atom. The summed E-state index contributed by atoms with van der Waals surface area (Å²) in [6.07, 6.45) is 1.49. The van der Waals surface area contributed by atoms with Crippen LogP contribution in [-0.4, -0.2) is 30.0 Å². The van der Waals surface area contributed by atoms with Crippen molar-refractivity contribution in [1.29, 1.82) is 0 Å². The van der Waals surface area contributed by atoms with Crippen molar-refractivity contribution in [3.63, 3.8) is 0 Å². The summed E-state index contributed by atoms with van der Waals surface area (Å²) in [6.45, 7) is 2.27. The van der Waals surface area contributed by atoms with Crippen molar-refractivity contribution in [1.82, 2.24) is 24.9 Å². The van der Waals surface area contributed by atoms with Gasteiger partial charge in [-0.2, -0.15) is 10.1 Å². The van der Waals surface area contributed by atoms with Crippen molar-refractivity contribution >= 4 is 0 Å². The van der Waals surface area contributed by atoms with Crippen molar-refractivity contribution in [3.05, 3.63) is 47.9 Å². The van der Waals surface area contributed by atoms with Crippen molar-refractivity contribution in [2.75, 3.05) is 0 Å². The maximum Gasteiger partial charge on any atom is 0.248 e. The zero-order chi connectivity index (χ0) is 13.9. The third-order valence-electron chi connectivity index (χ3n) is 2.96. The van der Waals surface area contributed by atoms with E-state index in [4.69, 9.17) is 9.63 Å². The molecule has 0 aliphatic carbocycles. The monoisotopic (exact) mass is 271 g/mol. The second-order valence-corrected chi connectivity index (χ2v) is 4.33. The molecule has 1 N–H and O–H groups in total. The third-order valence-corrected chi connectivity index (χ3v) is 2.96. The lowest BCUT2D eigenvalue weighted by Gasteiger charge is -1.97. The molecule has 3 aromatic rings. The summed E-state index contributed by atoms with van der Waals surface area (Å²) in [7, 11) is 0. The zero-order valence-electron chi connectivity index (χ0n) is 10.9. The lowest BCUT2D eigenvalue weighted by atomic mass is 10.1. The van der Waals surface area contributed by atoms with Crippen LogP contribution in [0.15, 0.2) is 35.1 Å². The fourth-order valence-electron chi connectivity index (χ4n) is 1.80. The van der Waals surface area contributed by atoms with Crippen LogP contribution in [0.25, 0.3) is 11.4 Å². The van der Waals surface area contributed by atoms with E-state index in [0.29, 0.717) is 18.3 Å². The van der Waals surface area contributed by atoms with Crippen LogP contribution in [0.2, 0.25) is 0 Å². The van der Waals surface area contributed by atoms with Crippen molar-refractivity contribution in [3.8, 4) is 11.4 Å². The molecular formula is C13H13N5O2. The van der Waals surface area contributed by atoms with Crippen LogP contribution in [0.3, 0.4) is 0 Å². The van der Waals surface area contributed by atoms with E-state index in [2.05, 4.69) is 20.2 Å². The summed E-state index contributed by atoms with van der Waals surface area (Å²) in [5.74, 6) is 1.78. The minimum atomic E-state index is 0.0172. The Morgan fingerprint density at radius 3 is 2.70 bits per heavy atom. The molecule has 0 radical (unpaired) electrons. The molecule has 0 bridgehead atoms.